The van der Waals surface area contributed by atoms with Crippen molar-refractivity contribution in [2.45, 2.75) is 57.0 Å². The first kappa shape index (κ1) is 19.2. The average Bonchev–Trinajstić information content (AvgIpc) is 3.06. The summed E-state index contributed by atoms with van der Waals surface area (Å²) in [5, 5.41) is 6.62. The van der Waals surface area contributed by atoms with E-state index in [-0.39, 0.29) is 28.8 Å². The first-order valence-corrected chi connectivity index (χ1v) is 10.5. The molecule has 142 valence electrons. The third-order valence-electron chi connectivity index (χ3n) is 5.44. The Hall–Kier alpha value is -1.53. The lowest BCUT2D eigenvalue weighted by Gasteiger charge is -2.39. The highest BCUT2D eigenvalue weighted by molar-refractivity contribution is 8.01. The second-order valence-corrected chi connectivity index (χ2v) is 8.88. The molecule has 0 aliphatic carbocycles. The third kappa shape index (κ3) is 4.23. The van der Waals surface area contributed by atoms with Gasteiger partial charge in [-0.25, -0.2) is 0 Å². The Morgan fingerprint density at radius 2 is 1.96 bits per heavy atom. The normalized spacial score (nSPS) is 23.0. The fourth-order valence-electron chi connectivity index (χ4n) is 3.47. The quantitative estimate of drug-likeness (QED) is 0.849. The van der Waals surface area contributed by atoms with Crippen molar-refractivity contribution < 1.29 is 9.59 Å². The second kappa shape index (κ2) is 8.01. The largest absolute Gasteiger partial charge is 0.352 e. The first-order chi connectivity index (χ1) is 12.4. The summed E-state index contributed by atoms with van der Waals surface area (Å²) in [4.78, 5) is 26.9. The van der Waals surface area contributed by atoms with E-state index in [0.29, 0.717) is 0 Å². The van der Waals surface area contributed by atoms with E-state index in [1.165, 1.54) is 0 Å². The molecule has 2 fully saturated rings. The zero-order chi connectivity index (χ0) is 18.7. The zero-order valence-corrected chi connectivity index (χ0v) is 16.7. The van der Waals surface area contributed by atoms with Gasteiger partial charge in [0.2, 0.25) is 5.91 Å². The van der Waals surface area contributed by atoms with Crippen molar-refractivity contribution in [1.82, 2.24) is 15.5 Å². The monoisotopic (exact) mass is 375 g/mol. The van der Waals surface area contributed by atoms with Crippen molar-refractivity contribution in [3.8, 4) is 0 Å². The molecule has 5 nitrogen and oxygen atoms in total. The van der Waals surface area contributed by atoms with E-state index in [2.05, 4.69) is 17.6 Å². The van der Waals surface area contributed by atoms with E-state index in [0.717, 1.165) is 49.2 Å². The Morgan fingerprint density at radius 3 is 2.58 bits per heavy atom. The minimum atomic E-state index is -0.131. The maximum absolute atomic E-state index is 12.7. The predicted molar refractivity (Wildman–Crippen MR) is 106 cm³/mol. The summed E-state index contributed by atoms with van der Waals surface area (Å²) in [7, 11) is 0. The molecule has 2 saturated heterocycles. The number of hydrogen-bond acceptors (Lipinski definition) is 4. The number of hydrogen-bond donors (Lipinski definition) is 2. The summed E-state index contributed by atoms with van der Waals surface area (Å²) < 4.78 is 0. The lowest BCUT2D eigenvalue weighted by Crippen LogP contribution is -2.55. The van der Waals surface area contributed by atoms with Crippen LogP contribution in [0.25, 0.3) is 0 Å². The predicted octanol–water partition coefficient (Wildman–Crippen LogP) is 2.55. The maximum Gasteiger partial charge on any atom is 0.253 e. The highest BCUT2D eigenvalue weighted by Gasteiger charge is 2.44. The van der Waals surface area contributed by atoms with Crippen LogP contribution >= 0.6 is 11.8 Å². The van der Waals surface area contributed by atoms with Crippen molar-refractivity contribution in [3.05, 3.63) is 35.4 Å². The minimum Gasteiger partial charge on any atom is -0.352 e. The molecule has 26 heavy (non-hydrogen) atoms. The van der Waals surface area contributed by atoms with Gasteiger partial charge in [0.15, 0.2) is 0 Å². The molecule has 0 bridgehead atoms. The zero-order valence-electron chi connectivity index (χ0n) is 15.9. The number of rotatable bonds is 4. The number of nitrogens with zero attached hydrogens (tertiary/aromatic N) is 1. The summed E-state index contributed by atoms with van der Waals surface area (Å²) in [5.74, 6) is 1.00. The highest BCUT2D eigenvalue weighted by atomic mass is 32.2. The Labute approximate surface area is 160 Å². The van der Waals surface area contributed by atoms with E-state index >= 15 is 0 Å². The molecular weight excluding hydrogens is 346 g/mol. The average molecular weight is 376 g/mol. The Balaban J connectivity index is 1.54. The van der Waals surface area contributed by atoms with Crippen molar-refractivity contribution in [2.24, 2.45) is 0 Å². The van der Waals surface area contributed by atoms with Crippen molar-refractivity contribution in [1.29, 1.82) is 0 Å². The van der Waals surface area contributed by atoms with Gasteiger partial charge in [0.05, 0.1) is 10.9 Å². The van der Waals surface area contributed by atoms with Gasteiger partial charge >= 0.3 is 0 Å². The van der Waals surface area contributed by atoms with Gasteiger partial charge in [-0.3, -0.25) is 14.9 Å². The fraction of sp³-hybridized carbons (Fsp3) is 0.600. The highest BCUT2D eigenvalue weighted by Crippen LogP contribution is 2.39. The smallest absolute Gasteiger partial charge is 0.253 e. The molecule has 2 aliphatic heterocycles. The summed E-state index contributed by atoms with van der Waals surface area (Å²) in [5.41, 5.74) is 1.91. The van der Waals surface area contributed by atoms with Crippen molar-refractivity contribution >= 4 is 23.6 Å². The van der Waals surface area contributed by atoms with Crippen LogP contribution in [-0.4, -0.2) is 52.5 Å². The second-order valence-electron chi connectivity index (χ2n) is 7.48. The Kier molecular flexibility index (Phi) is 5.92. The number of nitrogens with one attached hydrogen (secondary N) is 2. The molecule has 1 spiro atoms. The minimum absolute atomic E-state index is 0.0679. The molecule has 0 aromatic heterocycles. The summed E-state index contributed by atoms with van der Waals surface area (Å²) in [6, 6.07) is 7.84. The molecule has 0 saturated carbocycles. The van der Waals surface area contributed by atoms with Gasteiger partial charge in [-0.1, -0.05) is 24.6 Å². The number of likely N-dealkylation sites (tertiary alicyclic amines) is 1. The molecule has 0 radical (unpaired) electrons. The van der Waals surface area contributed by atoms with Crippen molar-refractivity contribution in [2.75, 3.05) is 18.8 Å². The lowest BCUT2D eigenvalue weighted by molar-refractivity contribution is -0.123. The molecular formula is C20H29N3O2S. The van der Waals surface area contributed by atoms with Crippen LogP contribution in [0.2, 0.25) is 0 Å². The van der Waals surface area contributed by atoms with Crippen LogP contribution < -0.4 is 10.6 Å². The Morgan fingerprint density at radius 1 is 1.31 bits per heavy atom. The van der Waals surface area contributed by atoms with E-state index in [4.69, 9.17) is 0 Å². The van der Waals surface area contributed by atoms with Crippen LogP contribution in [0.3, 0.4) is 0 Å². The molecule has 2 amide bonds. The SMILES string of the molecule is CC[C@@H](C)NC(=O)[C@H]1CSC2(CCN(C(=O)c3ccc(C)cc3)CC2)N1. The van der Waals surface area contributed by atoms with Gasteiger partial charge in [-0.2, -0.15) is 0 Å². The number of benzene rings is 1. The van der Waals surface area contributed by atoms with Gasteiger partial charge < -0.3 is 10.2 Å². The van der Waals surface area contributed by atoms with Gasteiger partial charge in [-0.05, 0) is 45.2 Å². The number of aryl methyl sites for hydroxylation is 1. The first-order valence-electron chi connectivity index (χ1n) is 9.50. The van der Waals surface area contributed by atoms with Crippen LogP contribution in [0.5, 0.6) is 0 Å². The number of piperidine rings is 1. The standard InChI is InChI=1S/C20H29N3O2S/c1-4-15(3)21-18(24)17-13-26-20(22-17)9-11-23(12-10-20)19(25)16-7-5-14(2)6-8-16/h5-8,15,17,22H,4,9-13H2,1-3H3,(H,21,24)/t15-,17-/m1/s1. The van der Waals surface area contributed by atoms with Crippen LogP contribution in [0.15, 0.2) is 24.3 Å². The molecule has 2 N–H and O–H groups in total. The van der Waals surface area contributed by atoms with Crippen LogP contribution in [0, 0.1) is 6.92 Å². The fourth-order valence-corrected chi connectivity index (χ4v) is 4.89. The summed E-state index contributed by atoms with van der Waals surface area (Å²) >= 11 is 1.84. The number of carbonyl (C=O) groups is 2. The number of carbonyl (C=O) groups excluding carboxylic acids is 2. The summed E-state index contributed by atoms with van der Waals surface area (Å²) in [6.45, 7) is 7.59. The van der Waals surface area contributed by atoms with Crippen LogP contribution in [-0.2, 0) is 4.79 Å². The summed E-state index contributed by atoms with van der Waals surface area (Å²) in [6.07, 6.45) is 2.69. The topological polar surface area (TPSA) is 61.4 Å². The van der Waals surface area contributed by atoms with Gasteiger partial charge in [0, 0.05) is 30.4 Å². The van der Waals surface area contributed by atoms with E-state index in [1.54, 1.807) is 0 Å². The number of amides is 2. The molecule has 1 aromatic carbocycles. The van der Waals surface area contributed by atoms with E-state index in [9.17, 15) is 9.59 Å². The number of thioether (sulfide) groups is 1. The van der Waals surface area contributed by atoms with E-state index in [1.807, 2.05) is 54.8 Å². The van der Waals surface area contributed by atoms with Crippen LogP contribution in [0.1, 0.15) is 49.0 Å². The molecule has 2 aliphatic rings. The molecule has 2 heterocycles. The lowest BCUT2D eigenvalue weighted by atomic mass is 10.0. The molecule has 2 atom stereocenters. The molecule has 6 heteroatoms. The van der Waals surface area contributed by atoms with Gasteiger partial charge in [0.25, 0.3) is 5.91 Å². The van der Waals surface area contributed by atoms with Crippen molar-refractivity contribution in [3.63, 3.8) is 0 Å². The maximum atomic E-state index is 12.7. The molecule has 3 rings (SSSR count). The van der Waals surface area contributed by atoms with Crippen LogP contribution in [0.4, 0.5) is 0 Å². The Bertz CT molecular complexity index is 654. The van der Waals surface area contributed by atoms with E-state index < -0.39 is 0 Å². The van der Waals surface area contributed by atoms with Gasteiger partial charge in [-0.15, -0.1) is 11.8 Å². The molecule has 1 aromatic rings. The third-order valence-corrected chi connectivity index (χ3v) is 7.02. The van der Waals surface area contributed by atoms with Gasteiger partial charge in [0.1, 0.15) is 0 Å². The molecule has 0 unspecified atom stereocenters.